The number of hydrogen-bond donors (Lipinski definition) is 1. The van der Waals surface area contributed by atoms with E-state index < -0.39 is 0 Å². The highest BCUT2D eigenvalue weighted by atomic mass is 19.1. The lowest BCUT2D eigenvalue weighted by molar-refractivity contribution is 0.102. The molecule has 0 radical (unpaired) electrons. The minimum atomic E-state index is -0.325. The molecule has 1 N–H and O–H groups in total. The molecule has 0 saturated heterocycles. The number of carbonyl (C=O) groups is 1. The van der Waals surface area contributed by atoms with Gasteiger partial charge in [-0.05, 0) is 37.3 Å². The summed E-state index contributed by atoms with van der Waals surface area (Å²) in [5.74, 6) is -0.158. The maximum atomic E-state index is 13.0. The van der Waals surface area contributed by atoms with E-state index in [-0.39, 0.29) is 11.7 Å². The number of nitrogens with one attached hydrogen (secondary N) is 1. The predicted octanol–water partition coefficient (Wildman–Crippen LogP) is 2.98. The van der Waals surface area contributed by atoms with Crippen LogP contribution < -0.4 is 10.1 Å². The van der Waals surface area contributed by atoms with Crippen LogP contribution in [-0.2, 0) is 0 Å². The summed E-state index contributed by atoms with van der Waals surface area (Å²) in [5, 5.41) is 6.96. The Balaban J connectivity index is 1.81. The molecule has 0 saturated carbocycles. The number of nitrogens with zero attached hydrogens (tertiary/aromatic N) is 3. The van der Waals surface area contributed by atoms with Crippen LogP contribution in [0, 0.1) is 12.7 Å². The van der Waals surface area contributed by atoms with Crippen molar-refractivity contribution in [2.45, 2.75) is 6.92 Å². The van der Waals surface area contributed by atoms with E-state index >= 15 is 0 Å². The number of carbonyl (C=O) groups excluding carboxylic acids is 1. The molecule has 0 unspecified atom stereocenters. The molecule has 1 aromatic carbocycles. The molecule has 2 heterocycles. The summed E-state index contributed by atoms with van der Waals surface area (Å²) in [6.45, 7) is 1.78. The van der Waals surface area contributed by atoms with Gasteiger partial charge >= 0.3 is 0 Å². The van der Waals surface area contributed by atoms with Gasteiger partial charge in [0.1, 0.15) is 5.82 Å². The average molecular weight is 326 g/mol. The van der Waals surface area contributed by atoms with E-state index in [9.17, 15) is 9.18 Å². The fourth-order valence-electron chi connectivity index (χ4n) is 2.25. The lowest BCUT2D eigenvalue weighted by atomic mass is 10.2. The predicted molar refractivity (Wildman–Crippen MR) is 87.0 cm³/mol. The maximum absolute atomic E-state index is 13.0. The zero-order chi connectivity index (χ0) is 17.1. The third-order valence-corrected chi connectivity index (χ3v) is 3.53. The summed E-state index contributed by atoms with van der Waals surface area (Å²) in [6.07, 6.45) is 2.99. The van der Waals surface area contributed by atoms with Crippen LogP contribution in [0.5, 0.6) is 5.88 Å². The van der Waals surface area contributed by atoms with E-state index in [2.05, 4.69) is 15.4 Å². The van der Waals surface area contributed by atoms with Gasteiger partial charge in [0.25, 0.3) is 5.91 Å². The van der Waals surface area contributed by atoms with Crippen molar-refractivity contribution in [1.82, 2.24) is 14.8 Å². The summed E-state index contributed by atoms with van der Waals surface area (Å²) in [7, 11) is 1.52. The summed E-state index contributed by atoms with van der Waals surface area (Å²) in [6, 6.07) is 9.25. The molecule has 2 aromatic heterocycles. The Bertz CT molecular complexity index is 857. The summed E-state index contributed by atoms with van der Waals surface area (Å²) < 4.78 is 19.6. The Morgan fingerprint density at radius 1 is 1.17 bits per heavy atom. The van der Waals surface area contributed by atoms with E-state index in [0.29, 0.717) is 28.5 Å². The standard InChI is InChI=1S/C17H15FN4O2/c1-11-15(10-20-22(11)14-6-3-12(18)4-7-14)17(23)21-13-5-8-16(24-2)19-9-13/h3-10H,1-2H3,(H,21,23). The number of hydrogen-bond acceptors (Lipinski definition) is 4. The van der Waals surface area contributed by atoms with Gasteiger partial charge in [-0.25, -0.2) is 14.1 Å². The SMILES string of the molecule is COc1ccc(NC(=O)c2cnn(-c3ccc(F)cc3)c2C)cn1. The zero-order valence-electron chi connectivity index (χ0n) is 13.2. The Labute approximate surface area is 137 Å². The van der Waals surface area contributed by atoms with Crippen molar-refractivity contribution < 1.29 is 13.9 Å². The first-order valence-corrected chi connectivity index (χ1v) is 7.20. The van der Waals surface area contributed by atoms with E-state index in [0.717, 1.165) is 0 Å². The van der Waals surface area contributed by atoms with Crippen molar-refractivity contribution in [3.05, 3.63) is 65.9 Å². The van der Waals surface area contributed by atoms with Crippen molar-refractivity contribution in [3.8, 4) is 11.6 Å². The van der Waals surface area contributed by atoms with Gasteiger partial charge in [-0.2, -0.15) is 5.10 Å². The Morgan fingerprint density at radius 3 is 2.54 bits per heavy atom. The van der Waals surface area contributed by atoms with Gasteiger partial charge in [-0.1, -0.05) is 0 Å². The van der Waals surface area contributed by atoms with Gasteiger partial charge in [0.2, 0.25) is 5.88 Å². The third-order valence-electron chi connectivity index (χ3n) is 3.53. The van der Waals surface area contributed by atoms with Crippen LogP contribution in [0.2, 0.25) is 0 Å². The largest absolute Gasteiger partial charge is 0.481 e. The van der Waals surface area contributed by atoms with Gasteiger partial charge in [0.15, 0.2) is 0 Å². The van der Waals surface area contributed by atoms with Crippen molar-refractivity contribution in [2.24, 2.45) is 0 Å². The highest BCUT2D eigenvalue weighted by Crippen LogP contribution is 2.17. The van der Waals surface area contributed by atoms with Gasteiger partial charge < -0.3 is 10.1 Å². The van der Waals surface area contributed by atoms with Crippen LogP contribution in [0.3, 0.4) is 0 Å². The van der Waals surface area contributed by atoms with Crippen molar-refractivity contribution in [2.75, 3.05) is 12.4 Å². The second-order valence-electron chi connectivity index (χ2n) is 5.08. The first-order chi connectivity index (χ1) is 11.6. The quantitative estimate of drug-likeness (QED) is 0.800. The molecule has 0 aliphatic heterocycles. The Morgan fingerprint density at radius 2 is 1.92 bits per heavy atom. The molecule has 0 bridgehead atoms. The first-order valence-electron chi connectivity index (χ1n) is 7.20. The number of aromatic nitrogens is 3. The molecule has 24 heavy (non-hydrogen) atoms. The van der Waals surface area contributed by atoms with Crippen LogP contribution in [-0.4, -0.2) is 27.8 Å². The van der Waals surface area contributed by atoms with Crippen LogP contribution in [0.25, 0.3) is 5.69 Å². The van der Waals surface area contributed by atoms with E-state index in [1.165, 1.54) is 31.6 Å². The Kier molecular flexibility index (Phi) is 4.24. The lowest BCUT2D eigenvalue weighted by Gasteiger charge is -2.07. The molecule has 0 atom stereocenters. The molecule has 0 aliphatic carbocycles. The first kappa shape index (κ1) is 15.7. The van der Waals surface area contributed by atoms with Crippen LogP contribution in [0.1, 0.15) is 16.1 Å². The highest BCUT2D eigenvalue weighted by molar-refractivity contribution is 6.04. The van der Waals surface area contributed by atoms with Crippen molar-refractivity contribution in [1.29, 1.82) is 0 Å². The molecule has 122 valence electrons. The van der Waals surface area contributed by atoms with Crippen LogP contribution in [0.4, 0.5) is 10.1 Å². The lowest BCUT2D eigenvalue weighted by Crippen LogP contribution is -2.13. The number of anilines is 1. The van der Waals surface area contributed by atoms with Gasteiger partial charge in [0, 0.05) is 6.07 Å². The fraction of sp³-hybridized carbons (Fsp3) is 0.118. The minimum Gasteiger partial charge on any atom is -0.481 e. The fourth-order valence-corrected chi connectivity index (χ4v) is 2.25. The molecule has 0 fully saturated rings. The second kappa shape index (κ2) is 6.49. The number of benzene rings is 1. The molecule has 0 spiro atoms. The number of amides is 1. The molecule has 3 rings (SSSR count). The second-order valence-corrected chi connectivity index (χ2v) is 5.08. The number of rotatable bonds is 4. The smallest absolute Gasteiger partial charge is 0.259 e. The molecule has 1 amide bonds. The summed E-state index contributed by atoms with van der Waals surface area (Å²) in [4.78, 5) is 16.4. The van der Waals surface area contributed by atoms with Gasteiger partial charge in [-0.15, -0.1) is 0 Å². The molecule has 3 aromatic rings. The van der Waals surface area contributed by atoms with Crippen LogP contribution in [0.15, 0.2) is 48.8 Å². The van der Waals surface area contributed by atoms with E-state index in [4.69, 9.17) is 4.74 Å². The summed E-state index contributed by atoms with van der Waals surface area (Å²) >= 11 is 0. The maximum Gasteiger partial charge on any atom is 0.259 e. The topological polar surface area (TPSA) is 69.0 Å². The van der Waals surface area contributed by atoms with E-state index in [1.807, 2.05) is 0 Å². The van der Waals surface area contributed by atoms with Crippen molar-refractivity contribution in [3.63, 3.8) is 0 Å². The molecule has 7 heteroatoms. The normalized spacial score (nSPS) is 10.5. The van der Waals surface area contributed by atoms with Gasteiger partial charge in [0.05, 0.1) is 42.1 Å². The van der Waals surface area contributed by atoms with Crippen molar-refractivity contribution >= 4 is 11.6 Å². The number of pyridine rings is 1. The number of halogens is 1. The number of methoxy groups -OCH3 is 1. The highest BCUT2D eigenvalue weighted by Gasteiger charge is 2.15. The van der Waals surface area contributed by atoms with E-state index in [1.54, 1.807) is 35.9 Å². The minimum absolute atomic E-state index is 0.298. The molecule has 0 aliphatic rings. The van der Waals surface area contributed by atoms with Crippen LogP contribution >= 0.6 is 0 Å². The monoisotopic (exact) mass is 326 g/mol. The molecule has 6 nitrogen and oxygen atoms in total. The number of ether oxygens (including phenoxy) is 1. The third kappa shape index (κ3) is 3.10. The summed E-state index contributed by atoms with van der Waals surface area (Å²) in [5.41, 5.74) is 2.31. The molecular weight excluding hydrogens is 311 g/mol. The zero-order valence-corrected chi connectivity index (χ0v) is 13.2. The average Bonchev–Trinajstić information content (AvgIpc) is 2.98. The molecular formula is C17H15FN4O2. The van der Waals surface area contributed by atoms with Gasteiger partial charge in [-0.3, -0.25) is 4.79 Å². The Hall–Kier alpha value is -3.22.